The smallest absolute Gasteiger partial charge is 0.273 e. The molecule has 120 valence electrons. The maximum atomic E-state index is 12.3. The van der Waals surface area contributed by atoms with Gasteiger partial charge in [-0.3, -0.25) is 14.9 Å². The van der Waals surface area contributed by atoms with Crippen LogP contribution in [-0.2, 0) is 0 Å². The van der Waals surface area contributed by atoms with Crippen molar-refractivity contribution in [3.63, 3.8) is 0 Å². The van der Waals surface area contributed by atoms with E-state index in [4.69, 9.17) is 0 Å². The number of hydrogen-bond acceptors (Lipinski definition) is 4. The Morgan fingerprint density at radius 1 is 1.21 bits per heavy atom. The highest BCUT2D eigenvalue weighted by Gasteiger charge is 2.12. The molecule has 3 aromatic rings. The van der Waals surface area contributed by atoms with Gasteiger partial charge in [0.25, 0.3) is 11.6 Å². The van der Waals surface area contributed by atoms with E-state index in [1.165, 1.54) is 12.1 Å². The van der Waals surface area contributed by atoms with Gasteiger partial charge in [-0.05, 0) is 13.0 Å². The number of hydrazone groups is 1. The Bertz CT molecular complexity index is 959. The van der Waals surface area contributed by atoms with Crippen LogP contribution in [0.15, 0.2) is 59.8 Å². The molecule has 0 aliphatic heterocycles. The molecule has 0 unspecified atom stereocenters. The van der Waals surface area contributed by atoms with Gasteiger partial charge in [0.15, 0.2) is 0 Å². The quantitative estimate of drug-likeness (QED) is 0.438. The van der Waals surface area contributed by atoms with Crippen molar-refractivity contribution >= 4 is 28.2 Å². The number of carbonyl (C=O) groups is 1. The molecule has 3 rings (SSSR count). The molecule has 1 amide bonds. The van der Waals surface area contributed by atoms with Crippen molar-refractivity contribution in [3.8, 4) is 0 Å². The number of nitro benzene ring substituents is 1. The Kier molecular flexibility index (Phi) is 4.07. The summed E-state index contributed by atoms with van der Waals surface area (Å²) in [4.78, 5) is 25.7. The number of benzene rings is 2. The van der Waals surface area contributed by atoms with Crippen molar-refractivity contribution < 1.29 is 9.72 Å². The third-order valence-corrected chi connectivity index (χ3v) is 3.63. The van der Waals surface area contributed by atoms with E-state index in [9.17, 15) is 14.9 Å². The molecule has 1 heterocycles. The fourth-order valence-corrected chi connectivity index (χ4v) is 2.36. The average molecular weight is 322 g/mol. The Morgan fingerprint density at radius 3 is 2.79 bits per heavy atom. The van der Waals surface area contributed by atoms with Gasteiger partial charge < -0.3 is 4.98 Å². The van der Waals surface area contributed by atoms with Crippen molar-refractivity contribution in [2.24, 2.45) is 5.10 Å². The van der Waals surface area contributed by atoms with Crippen molar-refractivity contribution in [2.45, 2.75) is 6.92 Å². The Hall–Kier alpha value is -3.48. The number of nitrogens with zero attached hydrogens (tertiary/aromatic N) is 2. The molecule has 0 saturated heterocycles. The second kappa shape index (κ2) is 6.33. The van der Waals surface area contributed by atoms with Crippen LogP contribution in [0.5, 0.6) is 0 Å². The van der Waals surface area contributed by atoms with Crippen LogP contribution in [0, 0.1) is 10.1 Å². The number of non-ortho nitro benzene ring substituents is 1. The molecule has 7 nitrogen and oxygen atoms in total. The van der Waals surface area contributed by atoms with Crippen LogP contribution in [0.1, 0.15) is 22.8 Å². The standard InChI is InChI=1S/C17H14N4O3/c1-11(12-5-4-6-13(9-12)21(23)24)19-20-17(22)15-10-18-16-8-3-2-7-14(15)16/h2-10,18H,1H3,(H,20,22). The van der Waals surface area contributed by atoms with E-state index >= 15 is 0 Å². The lowest BCUT2D eigenvalue weighted by Crippen LogP contribution is -2.19. The number of nitrogens with one attached hydrogen (secondary N) is 2. The van der Waals surface area contributed by atoms with Gasteiger partial charge in [0.1, 0.15) is 0 Å². The third-order valence-electron chi connectivity index (χ3n) is 3.63. The van der Waals surface area contributed by atoms with Gasteiger partial charge in [0, 0.05) is 34.8 Å². The summed E-state index contributed by atoms with van der Waals surface area (Å²) in [5.74, 6) is -0.350. The van der Waals surface area contributed by atoms with Crippen LogP contribution in [0.3, 0.4) is 0 Å². The molecular weight excluding hydrogens is 308 g/mol. The van der Waals surface area contributed by atoms with Gasteiger partial charge in [0.2, 0.25) is 0 Å². The van der Waals surface area contributed by atoms with Gasteiger partial charge in [-0.2, -0.15) is 5.10 Å². The summed E-state index contributed by atoms with van der Waals surface area (Å²) in [7, 11) is 0. The zero-order valence-electron chi connectivity index (χ0n) is 12.8. The number of aromatic amines is 1. The number of aromatic nitrogens is 1. The number of hydrogen-bond donors (Lipinski definition) is 2. The van der Waals surface area contributed by atoms with E-state index in [0.717, 1.165) is 10.9 Å². The first-order valence-corrected chi connectivity index (χ1v) is 7.22. The summed E-state index contributed by atoms with van der Waals surface area (Å²) in [6, 6.07) is 13.5. The second-order valence-corrected chi connectivity index (χ2v) is 5.19. The first-order chi connectivity index (χ1) is 11.6. The maximum Gasteiger partial charge on any atom is 0.273 e. The summed E-state index contributed by atoms with van der Waals surface area (Å²) in [6.07, 6.45) is 1.62. The van der Waals surface area contributed by atoms with Crippen LogP contribution < -0.4 is 5.43 Å². The van der Waals surface area contributed by atoms with Crippen LogP contribution >= 0.6 is 0 Å². The molecule has 0 aliphatic rings. The summed E-state index contributed by atoms with van der Waals surface area (Å²) in [6.45, 7) is 1.68. The monoisotopic (exact) mass is 322 g/mol. The highest BCUT2D eigenvalue weighted by Crippen LogP contribution is 2.17. The summed E-state index contributed by atoms with van der Waals surface area (Å²) in [5, 5.41) is 15.7. The number of nitro groups is 1. The normalized spacial score (nSPS) is 11.5. The van der Waals surface area contributed by atoms with Crippen LogP contribution in [0.25, 0.3) is 10.9 Å². The Morgan fingerprint density at radius 2 is 2.00 bits per heavy atom. The third kappa shape index (κ3) is 3.00. The molecule has 0 spiro atoms. The van der Waals surface area contributed by atoms with Gasteiger partial charge >= 0.3 is 0 Å². The maximum absolute atomic E-state index is 12.3. The number of para-hydroxylation sites is 1. The molecule has 0 fully saturated rings. The first kappa shape index (κ1) is 15.4. The van der Waals surface area contributed by atoms with Crippen molar-refractivity contribution in [3.05, 3.63) is 76.0 Å². The minimum absolute atomic E-state index is 0.0231. The van der Waals surface area contributed by atoms with E-state index in [1.54, 1.807) is 25.3 Å². The fraction of sp³-hybridized carbons (Fsp3) is 0.0588. The van der Waals surface area contributed by atoms with Gasteiger partial charge in [0.05, 0.1) is 16.2 Å². The van der Waals surface area contributed by atoms with Crippen molar-refractivity contribution in [2.75, 3.05) is 0 Å². The zero-order chi connectivity index (χ0) is 17.1. The first-order valence-electron chi connectivity index (χ1n) is 7.22. The molecule has 0 bridgehead atoms. The molecule has 0 atom stereocenters. The molecule has 2 N–H and O–H groups in total. The van der Waals surface area contributed by atoms with Crippen LogP contribution in [-0.4, -0.2) is 21.5 Å². The van der Waals surface area contributed by atoms with Crippen LogP contribution in [0.2, 0.25) is 0 Å². The topological polar surface area (TPSA) is 100 Å². The minimum atomic E-state index is -0.471. The number of rotatable bonds is 4. The predicted octanol–water partition coefficient (Wildman–Crippen LogP) is 3.23. The molecule has 1 aromatic heterocycles. The number of fused-ring (bicyclic) bond motifs is 1. The predicted molar refractivity (Wildman–Crippen MR) is 91.1 cm³/mol. The second-order valence-electron chi connectivity index (χ2n) is 5.19. The van der Waals surface area contributed by atoms with Crippen molar-refractivity contribution in [1.82, 2.24) is 10.4 Å². The van der Waals surface area contributed by atoms with E-state index < -0.39 is 4.92 Å². The largest absolute Gasteiger partial charge is 0.360 e. The number of carbonyl (C=O) groups excluding carboxylic acids is 1. The molecule has 2 aromatic carbocycles. The number of amides is 1. The van der Waals surface area contributed by atoms with E-state index in [-0.39, 0.29) is 11.6 Å². The summed E-state index contributed by atoms with van der Waals surface area (Å²) >= 11 is 0. The van der Waals surface area contributed by atoms with E-state index in [2.05, 4.69) is 15.5 Å². The van der Waals surface area contributed by atoms with Gasteiger partial charge in [-0.1, -0.05) is 30.3 Å². The lowest BCUT2D eigenvalue weighted by Gasteiger charge is -2.02. The van der Waals surface area contributed by atoms with E-state index in [1.807, 2.05) is 24.3 Å². The zero-order valence-corrected chi connectivity index (χ0v) is 12.8. The van der Waals surface area contributed by atoms with Gasteiger partial charge in [-0.25, -0.2) is 5.43 Å². The lowest BCUT2D eigenvalue weighted by molar-refractivity contribution is -0.384. The highest BCUT2D eigenvalue weighted by atomic mass is 16.6. The Balaban J connectivity index is 1.81. The molecule has 0 aliphatic carbocycles. The SMILES string of the molecule is CC(=NNC(=O)c1c[nH]c2ccccc12)c1cccc([N+](=O)[O-])c1. The molecule has 24 heavy (non-hydrogen) atoms. The van der Waals surface area contributed by atoms with Crippen molar-refractivity contribution in [1.29, 1.82) is 0 Å². The molecule has 7 heteroatoms. The average Bonchev–Trinajstić information content (AvgIpc) is 3.03. The Labute approximate surface area is 137 Å². The minimum Gasteiger partial charge on any atom is -0.360 e. The molecular formula is C17H14N4O3. The van der Waals surface area contributed by atoms with Crippen LogP contribution in [0.4, 0.5) is 5.69 Å². The molecule has 0 radical (unpaired) electrons. The van der Waals surface area contributed by atoms with Gasteiger partial charge in [-0.15, -0.1) is 0 Å². The number of H-pyrrole nitrogens is 1. The highest BCUT2D eigenvalue weighted by molar-refractivity contribution is 6.07. The van der Waals surface area contributed by atoms with E-state index in [0.29, 0.717) is 16.8 Å². The summed E-state index contributed by atoms with van der Waals surface area (Å²) < 4.78 is 0. The lowest BCUT2D eigenvalue weighted by atomic mass is 10.1. The molecule has 0 saturated carbocycles. The fourth-order valence-electron chi connectivity index (χ4n) is 2.36. The summed E-state index contributed by atoms with van der Waals surface area (Å²) in [5.41, 5.74) is 4.86.